The van der Waals surface area contributed by atoms with E-state index in [1.807, 2.05) is 12.1 Å². The second-order valence-electron chi connectivity index (χ2n) is 8.13. The summed E-state index contributed by atoms with van der Waals surface area (Å²) in [7, 11) is 0. The predicted molar refractivity (Wildman–Crippen MR) is 136 cm³/mol. The topological polar surface area (TPSA) is 110 Å². The molecule has 0 saturated carbocycles. The number of aryl methyl sites for hydroxylation is 1. The van der Waals surface area contributed by atoms with Crippen molar-refractivity contribution in [3.63, 3.8) is 0 Å². The number of piperidine rings is 1. The Hall–Kier alpha value is -2.36. The Morgan fingerprint density at radius 2 is 1.90 bits per heavy atom. The number of benzene rings is 1. The molecule has 1 aliphatic carbocycles. The van der Waals surface area contributed by atoms with Crippen molar-refractivity contribution in [1.29, 1.82) is 0 Å². The van der Waals surface area contributed by atoms with E-state index in [0.717, 1.165) is 55.8 Å². The van der Waals surface area contributed by atoms with Crippen molar-refractivity contribution >= 4 is 47.3 Å². The maximum Gasteiger partial charge on any atom is 0.220 e. The van der Waals surface area contributed by atoms with Gasteiger partial charge in [-0.15, -0.1) is 24.0 Å². The molecule has 1 aromatic heterocycles. The van der Waals surface area contributed by atoms with Crippen molar-refractivity contribution in [3.05, 3.63) is 53.2 Å². The summed E-state index contributed by atoms with van der Waals surface area (Å²) >= 11 is 0. The van der Waals surface area contributed by atoms with E-state index >= 15 is 0 Å². The number of guanidine groups is 1. The van der Waals surface area contributed by atoms with Gasteiger partial charge in [0.15, 0.2) is 5.96 Å². The Morgan fingerprint density at radius 3 is 2.68 bits per heavy atom. The number of hydrogen-bond donors (Lipinski definition) is 3. The smallest absolute Gasteiger partial charge is 0.220 e. The minimum Gasteiger partial charge on any atom is -0.370 e. The monoisotopic (exact) mass is 534 g/mol. The lowest BCUT2D eigenvalue weighted by Gasteiger charge is -2.32. The standard InChI is InChI=1S/C23H30N6O.HI/c24-21(30)17-10-13-29(14-11-17)22-18(7-4-12-26-22)15-27-23(25)28-20-9-3-6-16-5-1-2-8-19(16)20;/h3-4,6-7,9,12,17H,1-2,5,8,10-11,13-15H2,(H2,24,30)(H3,25,27,28);1H. The molecule has 166 valence electrons. The van der Waals surface area contributed by atoms with Crippen LogP contribution in [0.25, 0.3) is 0 Å². The number of anilines is 2. The second kappa shape index (κ2) is 10.8. The molecule has 4 rings (SSSR count). The summed E-state index contributed by atoms with van der Waals surface area (Å²) in [5.74, 6) is 1.08. The third-order valence-electron chi connectivity index (χ3n) is 6.14. The molecular weight excluding hydrogens is 503 g/mol. The first-order valence-electron chi connectivity index (χ1n) is 10.8. The molecule has 0 atom stereocenters. The Bertz CT molecular complexity index is 939. The third kappa shape index (κ3) is 5.66. The number of fused-ring (bicyclic) bond motifs is 1. The number of carbonyl (C=O) groups excluding carboxylic acids is 1. The molecule has 7 nitrogen and oxygen atoms in total. The molecule has 0 radical (unpaired) electrons. The van der Waals surface area contributed by atoms with E-state index in [4.69, 9.17) is 11.5 Å². The molecule has 1 aliphatic heterocycles. The largest absolute Gasteiger partial charge is 0.370 e. The number of rotatable bonds is 5. The van der Waals surface area contributed by atoms with Crippen LogP contribution in [0.4, 0.5) is 11.5 Å². The zero-order chi connectivity index (χ0) is 20.9. The van der Waals surface area contributed by atoms with Crippen LogP contribution in [-0.2, 0) is 24.2 Å². The summed E-state index contributed by atoms with van der Waals surface area (Å²) in [6.07, 6.45) is 8.00. The Balaban J connectivity index is 0.00000272. The maximum atomic E-state index is 11.4. The Labute approximate surface area is 200 Å². The molecule has 0 bridgehead atoms. The van der Waals surface area contributed by atoms with E-state index in [2.05, 4.69) is 38.4 Å². The van der Waals surface area contributed by atoms with E-state index in [9.17, 15) is 4.79 Å². The highest BCUT2D eigenvalue weighted by atomic mass is 127. The number of nitrogens with zero attached hydrogens (tertiary/aromatic N) is 3. The molecule has 31 heavy (non-hydrogen) atoms. The summed E-state index contributed by atoms with van der Waals surface area (Å²) in [4.78, 5) is 22.8. The number of carbonyl (C=O) groups is 1. The first kappa shape index (κ1) is 23.3. The van der Waals surface area contributed by atoms with Crippen molar-refractivity contribution in [2.75, 3.05) is 23.3 Å². The molecule has 5 N–H and O–H groups in total. The third-order valence-corrected chi connectivity index (χ3v) is 6.14. The minimum absolute atomic E-state index is 0. The van der Waals surface area contributed by atoms with Crippen molar-refractivity contribution in [1.82, 2.24) is 4.98 Å². The summed E-state index contributed by atoms with van der Waals surface area (Å²) in [6.45, 7) is 1.99. The second-order valence-corrected chi connectivity index (χ2v) is 8.13. The van der Waals surface area contributed by atoms with Gasteiger partial charge in [-0.25, -0.2) is 9.98 Å². The number of primary amides is 1. The van der Waals surface area contributed by atoms with E-state index in [1.165, 1.54) is 24.0 Å². The van der Waals surface area contributed by atoms with E-state index < -0.39 is 0 Å². The maximum absolute atomic E-state index is 11.4. The first-order chi connectivity index (χ1) is 14.6. The molecule has 2 heterocycles. The lowest BCUT2D eigenvalue weighted by Crippen LogP contribution is -2.39. The molecular formula is C23H31IN6O. The van der Waals surface area contributed by atoms with Gasteiger partial charge in [-0.2, -0.15) is 0 Å². The molecule has 1 aromatic carbocycles. The van der Waals surface area contributed by atoms with Gasteiger partial charge in [0.05, 0.1) is 6.54 Å². The van der Waals surface area contributed by atoms with Gasteiger partial charge in [-0.3, -0.25) is 4.79 Å². The highest BCUT2D eigenvalue weighted by Gasteiger charge is 2.25. The minimum atomic E-state index is -0.206. The molecule has 1 fully saturated rings. The van der Waals surface area contributed by atoms with Crippen LogP contribution in [0, 0.1) is 5.92 Å². The van der Waals surface area contributed by atoms with Crippen LogP contribution in [0.2, 0.25) is 0 Å². The molecule has 1 amide bonds. The van der Waals surface area contributed by atoms with Gasteiger partial charge in [-0.1, -0.05) is 18.2 Å². The van der Waals surface area contributed by atoms with Gasteiger partial charge >= 0.3 is 0 Å². The molecule has 0 spiro atoms. The number of aromatic nitrogens is 1. The van der Waals surface area contributed by atoms with Gasteiger partial charge in [0, 0.05) is 36.5 Å². The number of aliphatic imine (C=N–C) groups is 1. The quantitative estimate of drug-likeness (QED) is 0.310. The lowest BCUT2D eigenvalue weighted by molar-refractivity contribution is -0.122. The molecule has 0 unspecified atom stereocenters. The highest BCUT2D eigenvalue weighted by Crippen LogP contribution is 2.28. The predicted octanol–water partition coefficient (Wildman–Crippen LogP) is 3.21. The van der Waals surface area contributed by atoms with Gasteiger partial charge in [0.2, 0.25) is 5.91 Å². The van der Waals surface area contributed by atoms with Gasteiger partial charge in [-0.05, 0) is 61.8 Å². The lowest BCUT2D eigenvalue weighted by atomic mass is 9.90. The van der Waals surface area contributed by atoms with E-state index in [-0.39, 0.29) is 35.8 Å². The summed E-state index contributed by atoms with van der Waals surface area (Å²) in [5, 5.41) is 3.30. The van der Waals surface area contributed by atoms with Gasteiger partial charge in [0.1, 0.15) is 5.82 Å². The number of halogens is 1. The Morgan fingerprint density at radius 1 is 1.13 bits per heavy atom. The normalized spacial score (nSPS) is 16.9. The fourth-order valence-corrected chi connectivity index (χ4v) is 4.46. The van der Waals surface area contributed by atoms with Gasteiger partial charge < -0.3 is 21.7 Å². The highest BCUT2D eigenvalue weighted by molar-refractivity contribution is 14.0. The van der Waals surface area contributed by atoms with Crippen molar-refractivity contribution in [2.45, 2.75) is 45.1 Å². The van der Waals surface area contributed by atoms with Crippen LogP contribution in [-0.4, -0.2) is 29.9 Å². The molecule has 8 heteroatoms. The van der Waals surface area contributed by atoms with Crippen molar-refractivity contribution < 1.29 is 4.79 Å². The molecule has 2 aromatic rings. The number of pyridine rings is 1. The van der Waals surface area contributed by atoms with Crippen LogP contribution in [0.3, 0.4) is 0 Å². The average Bonchev–Trinajstić information content (AvgIpc) is 2.78. The van der Waals surface area contributed by atoms with E-state index in [1.54, 1.807) is 6.20 Å². The first-order valence-corrected chi connectivity index (χ1v) is 10.8. The zero-order valence-electron chi connectivity index (χ0n) is 17.7. The van der Waals surface area contributed by atoms with E-state index in [0.29, 0.717) is 12.5 Å². The Kier molecular flexibility index (Phi) is 8.11. The summed E-state index contributed by atoms with van der Waals surface area (Å²) < 4.78 is 0. The van der Waals surface area contributed by atoms with Crippen LogP contribution < -0.4 is 21.7 Å². The average molecular weight is 534 g/mol. The molecule has 2 aliphatic rings. The number of nitrogens with one attached hydrogen (secondary N) is 1. The summed E-state index contributed by atoms with van der Waals surface area (Å²) in [5.41, 5.74) is 16.5. The van der Waals surface area contributed by atoms with Crippen LogP contribution >= 0.6 is 24.0 Å². The number of amides is 1. The van der Waals surface area contributed by atoms with Crippen molar-refractivity contribution in [2.24, 2.45) is 22.4 Å². The fourth-order valence-electron chi connectivity index (χ4n) is 4.46. The fraction of sp³-hybridized carbons (Fsp3) is 0.435. The molecule has 1 saturated heterocycles. The SMILES string of the molecule is I.NC(=O)C1CCN(c2ncccc2CN=C(N)Nc2cccc3c2CCCC3)CC1. The number of hydrogen-bond acceptors (Lipinski definition) is 4. The van der Waals surface area contributed by atoms with Crippen LogP contribution in [0.1, 0.15) is 42.4 Å². The number of nitrogens with two attached hydrogens (primary N) is 2. The zero-order valence-corrected chi connectivity index (χ0v) is 20.0. The van der Waals surface area contributed by atoms with Crippen LogP contribution in [0.15, 0.2) is 41.5 Å². The summed E-state index contributed by atoms with van der Waals surface area (Å²) in [6, 6.07) is 10.3. The van der Waals surface area contributed by atoms with Crippen molar-refractivity contribution in [3.8, 4) is 0 Å². The van der Waals surface area contributed by atoms with Crippen LogP contribution in [0.5, 0.6) is 0 Å². The van der Waals surface area contributed by atoms with Gasteiger partial charge in [0.25, 0.3) is 0 Å².